The van der Waals surface area contributed by atoms with E-state index < -0.39 is 0 Å². The summed E-state index contributed by atoms with van der Waals surface area (Å²) in [5.41, 5.74) is 2.39. The summed E-state index contributed by atoms with van der Waals surface area (Å²) in [6, 6.07) is 13.4. The molecule has 0 saturated heterocycles. The number of esters is 1. The number of methoxy groups -OCH3 is 1. The Bertz CT molecular complexity index is 1100. The highest BCUT2D eigenvalue weighted by atomic mass is 16.7. The monoisotopic (exact) mass is 375 g/mol. The van der Waals surface area contributed by atoms with E-state index in [0.717, 1.165) is 21.9 Å². The minimum atomic E-state index is -0.300. The van der Waals surface area contributed by atoms with Gasteiger partial charge in [0.15, 0.2) is 11.5 Å². The van der Waals surface area contributed by atoms with Crippen molar-refractivity contribution in [3.05, 3.63) is 48.2 Å². The highest BCUT2D eigenvalue weighted by Crippen LogP contribution is 2.38. The number of fused-ring (bicyclic) bond motifs is 2. The highest BCUT2D eigenvalue weighted by molar-refractivity contribution is 6.02. The summed E-state index contributed by atoms with van der Waals surface area (Å²) < 4.78 is 15.5. The molecular formula is C21H17N3O4. The van der Waals surface area contributed by atoms with Crippen molar-refractivity contribution in [1.82, 2.24) is 4.98 Å². The molecule has 1 aliphatic rings. The van der Waals surface area contributed by atoms with Crippen LogP contribution in [0, 0.1) is 11.3 Å². The molecule has 0 fully saturated rings. The summed E-state index contributed by atoms with van der Waals surface area (Å²) >= 11 is 0. The Balaban J connectivity index is 1.75. The first-order valence-corrected chi connectivity index (χ1v) is 8.73. The molecule has 0 atom stereocenters. The minimum Gasteiger partial charge on any atom is -0.469 e. The van der Waals surface area contributed by atoms with Gasteiger partial charge in [-0.25, -0.2) is 4.98 Å². The van der Waals surface area contributed by atoms with Crippen molar-refractivity contribution in [3.8, 4) is 28.7 Å². The van der Waals surface area contributed by atoms with Gasteiger partial charge in [-0.2, -0.15) is 5.26 Å². The van der Waals surface area contributed by atoms with E-state index in [-0.39, 0.29) is 19.2 Å². The number of ether oxygens (including phenoxy) is 3. The quantitative estimate of drug-likeness (QED) is 0.682. The van der Waals surface area contributed by atoms with E-state index in [2.05, 4.69) is 21.1 Å². The van der Waals surface area contributed by atoms with Crippen LogP contribution in [0.4, 0.5) is 5.82 Å². The molecule has 7 heteroatoms. The SMILES string of the molecule is COC(=O)CCNc1ncc(-c2ccc3c(c2)OCO3)c2ccc(C#N)cc12. The number of rotatable bonds is 5. The van der Waals surface area contributed by atoms with Crippen LogP contribution in [0.2, 0.25) is 0 Å². The maximum atomic E-state index is 11.4. The molecule has 7 nitrogen and oxygen atoms in total. The number of anilines is 1. The Labute approximate surface area is 161 Å². The molecule has 3 aromatic rings. The van der Waals surface area contributed by atoms with Gasteiger partial charge in [-0.1, -0.05) is 12.1 Å². The first kappa shape index (κ1) is 17.6. The summed E-state index contributed by atoms with van der Waals surface area (Å²) in [5, 5.41) is 14.2. The van der Waals surface area contributed by atoms with Crippen LogP contribution in [0.1, 0.15) is 12.0 Å². The molecule has 0 radical (unpaired) electrons. The Morgan fingerprint density at radius 3 is 2.89 bits per heavy atom. The van der Waals surface area contributed by atoms with Gasteiger partial charge in [0.2, 0.25) is 6.79 Å². The lowest BCUT2D eigenvalue weighted by atomic mass is 9.98. The van der Waals surface area contributed by atoms with Gasteiger partial charge in [0.05, 0.1) is 25.2 Å². The standard InChI is InChI=1S/C21H17N3O4/c1-26-20(25)6-7-23-21-16-8-13(10-22)2-4-15(16)17(11-24-21)14-3-5-18-19(9-14)28-12-27-18/h2-5,8-9,11H,6-7,12H2,1H3,(H,23,24). The second-order valence-corrected chi connectivity index (χ2v) is 6.21. The van der Waals surface area contributed by atoms with Crippen molar-refractivity contribution in [2.45, 2.75) is 6.42 Å². The highest BCUT2D eigenvalue weighted by Gasteiger charge is 2.16. The van der Waals surface area contributed by atoms with Crippen molar-refractivity contribution in [3.63, 3.8) is 0 Å². The average molecular weight is 375 g/mol. The van der Waals surface area contributed by atoms with Gasteiger partial charge < -0.3 is 19.5 Å². The fraction of sp³-hybridized carbons (Fsp3) is 0.190. The lowest BCUT2D eigenvalue weighted by Crippen LogP contribution is -2.10. The van der Waals surface area contributed by atoms with Gasteiger partial charge in [0.1, 0.15) is 5.82 Å². The van der Waals surface area contributed by atoms with Crippen LogP contribution >= 0.6 is 0 Å². The number of benzene rings is 2. The van der Waals surface area contributed by atoms with Gasteiger partial charge in [0.25, 0.3) is 0 Å². The topological polar surface area (TPSA) is 93.5 Å². The Hall–Kier alpha value is -3.79. The normalized spacial score (nSPS) is 11.9. The molecule has 1 aliphatic heterocycles. The first-order valence-electron chi connectivity index (χ1n) is 8.73. The smallest absolute Gasteiger partial charge is 0.307 e. The largest absolute Gasteiger partial charge is 0.469 e. The Morgan fingerprint density at radius 2 is 2.07 bits per heavy atom. The van der Waals surface area contributed by atoms with Crippen molar-refractivity contribution >= 4 is 22.6 Å². The summed E-state index contributed by atoms with van der Waals surface area (Å²) in [5.74, 6) is 1.72. The molecule has 28 heavy (non-hydrogen) atoms. The zero-order valence-electron chi connectivity index (χ0n) is 15.2. The molecule has 140 valence electrons. The summed E-state index contributed by atoms with van der Waals surface area (Å²) in [6.07, 6.45) is 1.99. The third kappa shape index (κ3) is 3.28. The van der Waals surface area contributed by atoms with Crippen molar-refractivity contribution in [2.75, 3.05) is 25.8 Å². The Kier molecular flexibility index (Phi) is 4.68. The maximum Gasteiger partial charge on any atom is 0.307 e. The van der Waals surface area contributed by atoms with Gasteiger partial charge in [-0.3, -0.25) is 4.79 Å². The zero-order valence-corrected chi connectivity index (χ0v) is 15.2. The number of hydrogen-bond donors (Lipinski definition) is 1. The molecule has 0 aliphatic carbocycles. The molecule has 1 N–H and O–H groups in total. The molecule has 2 aromatic carbocycles. The van der Waals surface area contributed by atoms with Crippen LogP contribution in [-0.2, 0) is 9.53 Å². The second-order valence-electron chi connectivity index (χ2n) is 6.21. The van der Waals surface area contributed by atoms with E-state index in [1.807, 2.05) is 24.3 Å². The van der Waals surface area contributed by atoms with E-state index in [4.69, 9.17) is 9.47 Å². The fourth-order valence-corrected chi connectivity index (χ4v) is 3.13. The second kappa shape index (κ2) is 7.45. The van der Waals surface area contributed by atoms with Gasteiger partial charge in [-0.05, 0) is 35.2 Å². The van der Waals surface area contributed by atoms with Crippen molar-refractivity contribution < 1.29 is 19.0 Å². The summed E-state index contributed by atoms with van der Waals surface area (Å²) in [7, 11) is 1.36. The maximum absolute atomic E-state index is 11.4. The van der Waals surface area contributed by atoms with Crippen molar-refractivity contribution in [1.29, 1.82) is 5.26 Å². The minimum absolute atomic E-state index is 0.215. The lowest BCUT2D eigenvalue weighted by Gasteiger charge is -2.13. The Morgan fingerprint density at radius 1 is 1.21 bits per heavy atom. The van der Waals surface area contributed by atoms with Crippen LogP contribution in [0.3, 0.4) is 0 Å². The zero-order chi connectivity index (χ0) is 19.5. The fourth-order valence-electron chi connectivity index (χ4n) is 3.13. The number of nitriles is 1. The average Bonchev–Trinajstić information content (AvgIpc) is 3.21. The number of nitrogens with one attached hydrogen (secondary N) is 1. The molecule has 0 unspecified atom stereocenters. The molecule has 4 rings (SSSR count). The predicted molar refractivity (Wildman–Crippen MR) is 103 cm³/mol. The number of aromatic nitrogens is 1. The molecule has 1 aromatic heterocycles. The van der Waals surface area contributed by atoms with E-state index in [1.54, 1.807) is 18.3 Å². The van der Waals surface area contributed by atoms with Crippen LogP contribution in [-0.4, -0.2) is 31.4 Å². The molecule has 0 bridgehead atoms. The predicted octanol–water partition coefficient (Wildman–Crippen LogP) is 3.48. The molecule has 0 saturated carbocycles. The van der Waals surface area contributed by atoms with Crippen LogP contribution < -0.4 is 14.8 Å². The molecule has 0 amide bonds. The molecule has 2 heterocycles. The number of pyridine rings is 1. The van der Waals surface area contributed by atoms with E-state index >= 15 is 0 Å². The van der Waals surface area contributed by atoms with Crippen molar-refractivity contribution in [2.24, 2.45) is 0 Å². The number of nitrogens with zero attached hydrogens (tertiary/aromatic N) is 2. The van der Waals surface area contributed by atoms with Gasteiger partial charge in [-0.15, -0.1) is 0 Å². The van der Waals surface area contributed by atoms with Crippen LogP contribution in [0.5, 0.6) is 11.5 Å². The first-order chi connectivity index (χ1) is 13.7. The van der Waals surface area contributed by atoms with E-state index in [0.29, 0.717) is 29.4 Å². The van der Waals surface area contributed by atoms with Crippen LogP contribution in [0.15, 0.2) is 42.6 Å². The van der Waals surface area contributed by atoms with Gasteiger partial charge >= 0.3 is 5.97 Å². The summed E-state index contributed by atoms with van der Waals surface area (Å²) in [4.78, 5) is 15.9. The third-order valence-corrected chi connectivity index (χ3v) is 4.55. The third-order valence-electron chi connectivity index (χ3n) is 4.55. The van der Waals surface area contributed by atoms with Gasteiger partial charge in [0, 0.05) is 23.7 Å². The number of carbonyl (C=O) groups is 1. The number of hydrogen-bond acceptors (Lipinski definition) is 7. The van der Waals surface area contributed by atoms with E-state index in [1.165, 1.54) is 7.11 Å². The van der Waals surface area contributed by atoms with E-state index in [9.17, 15) is 10.1 Å². The lowest BCUT2D eigenvalue weighted by molar-refractivity contribution is -0.140. The number of carbonyl (C=O) groups excluding carboxylic acids is 1. The molecule has 0 spiro atoms. The molecular weight excluding hydrogens is 358 g/mol. The van der Waals surface area contributed by atoms with Crippen LogP contribution in [0.25, 0.3) is 21.9 Å². The summed E-state index contributed by atoms with van der Waals surface area (Å²) in [6.45, 7) is 0.599.